The van der Waals surface area contributed by atoms with Gasteiger partial charge < -0.3 is 10.6 Å². The first-order chi connectivity index (χ1) is 5.77. The Bertz CT molecular complexity index is 240. The van der Waals surface area contributed by atoms with Gasteiger partial charge in [-0.15, -0.1) is 0 Å². The molecule has 0 spiro atoms. The van der Waals surface area contributed by atoms with E-state index in [0.29, 0.717) is 0 Å². The molecule has 1 unspecified atom stereocenters. The number of fused-ring (bicyclic) bond motifs is 1. The molecule has 0 radical (unpaired) electrons. The predicted molar refractivity (Wildman–Crippen MR) is 50.3 cm³/mol. The molecule has 1 fully saturated rings. The van der Waals surface area contributed by atoms with Gasteiger partial charge in [0.1, 0.15) is 0 Å². The first kappa shape index (κ1) is 7.71. The Morgan fingerprint density at radius 2 is 2.42 bits per heavy atom. The maximum Gasteiger partial charge on any atom is 0.0291 e. The van der Waals surface area contributed by atoms with Gasteiger partial charge in [-0.3, -0.25) is 0 Å². The fourth-order valence-corrected chi connectivity index (χ4v) is 2.14. The second-order valence-corrected chi connectivity index (χ2v) is 3.77. The molecule has 1 aliphatic carbocycles. The van der Waals surface area contributed by atoms with Crippen molar-refractivity contribution in [2.75, 3.05) is 13.6 Å². The van der Waals surface area contributed by atoms with Crippen molar-refractivity contribution in [2.24, 2.45) is 11.7 Å². The summed E-state index contributed by atoms with van der Waals surface area (Å²) in [7, 11) is 2.16. The van der Waals surface area contributed by atoms with Crippen molar-refractivity contribution in [3.63, 3.8) is 0 Å². The quantitative estimate of drug-likeness (QED) is 0.587. The van der Waals surface area contributed by atoms with Crippen LogP contribution >= 0.6 is 0 Å². The number of piperidine rings is 1. The summed E-state index contributed by atoms with van der Waals surface area (Å²) in [6, 6.07) is 0. The molecule has 0 aromatic carbocycles. The average molecular weight is 164 g/mol. The van der Waals surface area contributed by atoms with Crippen molar-refractivity contribution in [2.45, 2.75) is 19.3 Å². The summed E-state index contributed by atoms with van der Waals surface area (Å²) in [5, 5.41) is 0. The number of allylic oxidation sites excluding steroid dienone is 3. The summed E-state index contributed by atoms with van der Waals surface area (Å²) in [5.74, 6) is 0.746. The number of rotatable bonds is 0. The largest absolute Gasteiger partial charge is 0.399 e. The van der Waals surface area contributed by atoms with Gasteiger partial charge in [-0.2, -0.15) is 0 Å². The standard InChI is InChI=1S/C10H16N2/c1-12-6-2-3-8-4-5-9(11)7-10(8)12/h5,7-8H,2-4,6,11H2,1H3. The van der Waals surface area contributed by atoms with E-state index < -0.39 is 0 Å². The van der Waals surface area contributed by atoms with Crippen LogP contribution in [0.5, 0.6) is 0 Å². The average Bonchev–Trinajstić information content (AvgIpc) is 2.07. The third kappa shape index (κ3) is 1.22. The Hall–Kier alpha value is -0.920. The van der Waals surface area contributed by atoms with Gasteiger partial charge in [0.25, 0.3) is 0 Å². The summed E-state index contributed by atoms with van der Waals surface area (Å²) in [6.07, 6.45) is 8.08. The van der Waals surface area contributed by atoms with E-state index in [1.807, 2.05) is 0 Å². The van der Waals surface area contributed by atoms with Gasteiger partial charge in [-0.05, 0) is 25.3 Å². The van der Waals surface area contributed by atoms with Gasteiger partial charge in [0, 0.05) is 30.9 Å². The third-order valence-electron chi connectivity index (χ3n) is 2.86. The van der Waals surface area contributed by atoms with Gasteiger partial charge >= 0.3 is 0 Å². The van der Waals surface area contributed by atoms with E-state index in [9.17, 15) is 0 Å². The van der Waals surface area contributed by atoms with Gasteiger partial charge in [0.15, 0.2) is 0 Å². The molecular weight excluding hydrogens is 148 g/mol. The Balaban J connectivity index is 2.23. The molecular formula is C10H16N2. The number of nitrogens with zero attached hydrogens (tertiary/aromatic N) is 1. The normalized spacial score (nSPS) is 29.1. The van der Waals surface area contributed by atoms with E-state index in [4.69, 9.17) is 5.73 Å². The minimum Gasteiger partial charge on any atom is -0.399 e. The lowest BCUT2D eigenvalue weighted by molar-refractivity contribution is 0.279. The molecule has 2 rings (SSSR count). The molecule has 1 saturated heterocycles. The van der Waals surface area contributed by atoms with Crippen molar-refractivity contribution in [1.82, 2.24) is 4.90 Å². The maximum absolute atomic E-state index is 5.76. The topological polar surface area (TPSA) is 29.3 Å². The number of hydrogen-bond acceptors (Lipinski definition) is 2. The molecule has 1 atom stereocenters. The van der Waals surface area contributed by atoms with Gasteiger partial charge in [-0.1, -0.05) is 6.08 Å². The molecule has 0 aromatic heterocycles. The Kier molecular flexibility index (Phi) is 1.83. The third-order valence-corrected chi connectivity index (χ3v) is 2.86. The zero-order chi connectivity index (χ0) is 8.55. The molecule has 66 valence electrons. The molecule has 0 aromatic rings. The van der Waals surface area contributed by atoms with Crippen molar-refractivity contribution in [3.8, 4) is 0 Å². The zero-order valence-electron chi connectivity index (χ0n) is 7.59. The number of nitrogens with two attached hydrogens (primary N) is 1. The highest BCUT2D eigenvalue weighted by Gasteiger charge is 2.23. The van der Waals surface area contributed by atoms with Gasteiger partial charge in [0.2, 0.25) is 0 Å². The van der Waals surface area contributed by atoms with Crippen LogP contribution in [0.3, 0.4) is 0 Å². The lowest BCUT2D eigenvalue weighted by Crippen LogP contribution is -2.31. The van der Waals surface area contributed by atoms with Crippen molar-refractivity contribution < 1.29 is 0 Å². The van der Waals surface area contributed by atoms with Gasteiger partial charge in [0.05, 0.1) is 0 Å². The molecule has 0 saturated carbocycles. The molecule has 0 amide bonds. The van der Waals surface area contributed by atoms with Gasteiger partial charge in [-0.25, -0.2) is 0 Å². The van der Waals surface area contributed by atoms with Crippen LogP contribution in [0.2, 0.25) is 0 Å². The molecule has 2 nitrogen and oxygen atoms in total. The predicted octanol–water partition coefficient (Wildman–Crippen LogP) is 1.46. The molecule has 1 aliphatic heterocycles. The van der Waals surface area contributed by atoms with E-state index in [2.05, 4.69) is 24.1 Å². The highest BCUT2D eigenvalue weighted by molar-refractivity contribution is 5.27. The summed E-state index contributed by atoms with van der Waals surface area (Å²) >= 11 is 0. The molecule has 2 aliphatic rings. The summed E-state index contributed by atoms with van der Waals surface area (Å²) < 4.78 is 0. The summed E-state index contributed by atoms with van der Waals surface area (Å²) in [6.45, 7) is 1.19. The maximum atomic E-state index is 5.76. The highest BCUT2D eigenvalue weighted by atomic mass is 15.1. The summed E-state index contributed by atoms with van der Waals surface area (Å²) in [5.41, 5.74) is 8.15. The molecule has 2 heteroatoms. The van der Waals surface area contributed by atoms with Crippen LogP contribution in [0, 0.1) is 5.92 Å². The van der Waals surface area contributed by atoms with E-state index >= 15 is 0 Å². The lowest BCUT2D eigenvalue weighted by atomic mass is 9.87. The minimum absolute atomic E-state index is 0.746. The summed E-state index contributed by atoms with van der Waals surface area (Å²) in [4.78, 5) is 2.34. The first-order valence-electron chi connectivity index (χ1n) is 4.66. The monoisotopic (exact) mass is 164 g/mol. The fourth-order valence-electron chi connectivity index (χ4n) is 2.14. The van der Waals surface area contributed by atoms with Crippen LogP contribution in [0.25, 0.3) is 0 Å². The van der Waals surface area contributed by atoms with Crippen LogP contribution < -0.4 is 5.73 Å². The number of hydrogen-bond donors (Lipinski definition) is 1. The first-order valence-corrected chi connectivity index (χ1v) is 4.66. The van der Waals surface area contributed by atoms with Crippen molar-refractivity contribution in [3.05, 3.63) is 23.5 Å². The Labute approximate surface area is 73.7 Å². The second-order valence-electron chi connectivity index (χ2n) is 3.77. The molecule has 2 N–H and O–H groups in total. The number of likely N-dealkylation sites (tertiary alicyclic amines) is 1. The highest BCUT2D eigenvalue weighted by Crippen LogP contribution is 2.32. The van der Waals surface area contributed by atoms with Crippen molar-refractivity contribution in [1.29, 1.82) is 0 Å². The zero-order valence-corrected chi connectivity index (χ0v) is 7.59. The van der Waals surface area contributed by atoms with E-state index in [1.54, 1.807) is 0 Å². The van der Waals surface area contributed by atoms with Crippen LogP contribution in [0.1, 0.15) is 19.3 Å². The SMILES string of the molecule is CN1CCCC2CC=C(N)C=C21. The molecule has 1 heterocycles. The van der Waals surface area contributed by atoms with Crippen LogP contribution in [0.15, 0.2) is 23.5 Å². The molecule has 12 heavy (non-hydrogen) atoms. The van der Waals surface area contributed by atoms with Crippen LogP contribution in [-0.2, 0) is 0 Å². The Morgan fingerprint density at radius 3 is 3.25 bits per heavy atom. The lowest BCUT2D eigenvalue weighted by Gasteiger charge is -2.36. The van der Waals surface area contributed by atoms with Crippen molar-refractivity contribution >= 4 is 0 Å². The second kappa shape index (κ2) is 2.85. The van der Waals surface area contributed by atoms with E-state index in [-0.39, 0.29) is 0 Å². The molecule has 0 bridgehead atoms. The smallest absolute Gasteiger partial charge is 0.0291 e. The van der Waals surface area contributed by atoms with Crippen LogP contribution in [0.4, 0.5) is 0 Å². The minimum atomic E-state index is 0.746. The Morgan fingerprint density at radius 1 is 1.58 bits per heavy atom. The van der Waals surface area contributed by atoms with E-state index in [0.717, 1.165) is 18.0 Å². The van der Waals surface area contributed by atoms with E-state index in [1.165, 1.54) is 25.1 Å². The van der Waals surface area contributed by atoms with Crippen LogP contribution in [-0.4, -0.2) is 18.5 Å². The fraction of sp³-hybridized carbons (Fsp3) is 0.600.